The number of dihydropyridines is 1. The SMILES string of the molecule is CC(=O)NC1N=CC(Cl)=CC1(F)F. The lowest BCUT2D eigenvalue weighted by Gasteiger charge is -2.23. The van der Waals surface area contributed by atoms with Gasteiger partial charge in [0, 0.05) is 19.2 Å². The number of hydrogen-bond donors (Lipinski definition) is 1. The summed E-state index contributed by atoms with van der Waals surface area (Å²) >= 11 is 5.32. The molecule has 1 aliphatic rings. The standard InChI is InChI=1S/C7H7ClF2N2O/c1-4(13)12-6-7(9,10)2-5(8)3-11-6/h2-3,6H,1H3,(H,12,13). The van der Waals surface area contributed by atoms with Crippen LogP contribution < -0.4 is 5.32 Å². The summed E-state index contributed by atoms with van der Waals surface area (Å²) in [6.45, 7) is 1.14. The minimum atomic E-state index is -3.22. The van der Waals surface area contributed by atoms with Gasteiger partial charge in [-0.05, 0) is 0 Å². The minimum Gasteiger partial charge on any atom is -0.329 e. The van der Waals surface area contributed by atoms with Gasteiger partial charge in [-0.25, -0.2) is 0 Å². The van der Waals surface area contributed by atoms with Crippen molar-refractivity contribution in [1.29, 1.82) is 0 Å². The summed E-state index contributed by atoms with van der Waals surface area (Å²) in [7, 11) is 0. The van der Waals surface area contributed by atoms with E-state index in [1.54, 1.807) is 0 Å². The molecule has 1 amide bonds. The van der Waals surface area contributed by atoms with Crippen LogP contribution in [0.4, 0.5) is 8.78 Å². The van der Waals surface area contributed by atoms with Crippen molar-refractivity contribution >= 4 is 23.7 Å². The highest BCUT2D eigenvalue weighted by atomic mass is 35.5. The minimum absolute atomic E-state index is 0.133. The maximum atomic E-state index is 13.0. The number of allylic oxidation sites excluding steroid dienone is 1. The van der Waals surface area contributed by atoms with E-state index in [4.69, 9.17) is 11.6 Å². The van der Waals surface area contributed by atoms with Gasteiger partial charge in [0.2, 0.25) is 5.91 Å². The first-order valence-electron chi connectivity index (χ1n) is 3.48. The van der Waals surface area contributed by atoms with Crippen molar-refractivity contribution in [1.82, 2.24) is 5.32 Å². The van der Waals surface area contributed by atoms with Crippen LogP contribution in [0.1, 0.15) is 6.92 Å². The molecule has 0 spiro atoms. The van der Waals surface area contributed by atoms with Crippen LogP contribution in [0, 0.1) is 0 Å². The molecule has 0 saturated carbocycles. The molecule has 0 aliphatic carbocycles. The molecule has 6 heteroatoms. The molecule has 1 heterocycles. The van der Waals surface area contributed by atoms with Gasteiger partial charge in [0.05, 0.1) is 5.03 Å². The Morgan fingerprint density at radius 1 is 1.77 bits per heavy atom. The number of aliphatic imine (C=N–C) groups is 1. The van der Waals surface area contributed by atoms with Crippen molar-refractivity contribution in [3.05, 3.63) is 11.1 Å². The average molecular weight is 209 g/mol. The van der Waals surface area contributed by atoms with Crippen LogP contribution in [-0.2, 0) is 4.79 Å². The van der Waals surface area contributed by atoms with E-state index in [0.717, 1.165) is 13.1 Å². The van der Waals surface area contributed by atoms with Crippen molar-refractivity contribution in [2.45, 2.75) is 19.0 Å². The van der Waals surface area contributed by atoms with Crippen molar-refractivity contribution in [2.24, 2.45) is 4.99 Å². The Balaban J connectivity index is 2.79. The average Bonchev–Trinajstić information content (AvgIpc) is 1.93. The van der Waals surface area contributed by atoms with E-state index < -0.39 is 18.0 Å². The van der Waals surface area contributed by atoms with Gasteiger partial charge in [0.15, 0.2) is 6.17 Å². The molecular weight excluding hydrogens is 202 g/mol. The van der Waals surface area contributed by atoms with E-state index in [-0.39, 0.29) is 5.03 Å². The number of nitrogens with one attached hydrogen (secondary N) is 1. The number of alkyl halides is 2. The monoisotopic (exact) mass is 208 g/mol. The summed E-state index contributed by atoms with van der Waals surface area (Å²) in [5, 5.41) is 1.87. The smallest absolute Gasteiger partial charge is 0.307 e. The van der Waals surface area contributed by atoms with Gasteiger partial charge in [0.25, 0.3) is 0 Å². The van der Waals surface area contributed by atoms with Crippen LogP contribution in [0.2, 0.25) is 0 Å². The van der Waals surface area contributed by atoms with E-state index in [1.807, 2.05) is 5.32 Å². The maximum absolute atomic E-state index is 13.0. The highest BCUT2D eigenvalue weighted by molar-refractivity contribution is 6.39. The molecule has 13 heavy (non-hydrogen) atoms. The summed E-state index contributed by atoms with van der Waals surface area (Å²) in [5.41, 5.74) is 0. The molecule has 0 aromatic rings. The molecule has 1 aliphatic heterocycles. The van der Waals surface area contributed by atoms with Gasteiger partial charge in [-0.2, -0.15) is 8.78 Å². The molecule has 72 valence electrons. The summed E-state index contributed by atoms with van der Waals surface area (Å²) in [5.74, 6) is -3.79. The van der Waals surface area contributed by atoms with Crippen LogP contribution in [0.15, 0.2) is 16.1 Å². The van der Waals surface area contributed by atoms with Gasteiger partial charge in [-0.15, -0.1) is 0 Å². The summed E-state index contributed by atoms with van der Waals surface area (Å²) in [6.07, 6.45) is 0.0920. The van der Waals surface area contributed by atoms with Crippen LogP contribution >= 0.6 is 11.6 Å². The van der Waals surface area contributed by atoms with E-state index in [2.05, 4.69) is 4.99 Å². The number of carbonyl (C=O) groups excluding carboxylic acids is 1. The van der Waals surface area contributed by atoms with E-state index >= 15 is 0 Å². The Kier molecular flexibility index (Phi) is 2.66. The number of nitrogens with zero attached hydrogens (tertiary/aromatic N) is 1. The summed E-state index contributed by atoms with van der Waals surface area (Å²) in [4.78, 5) is 13.9. The lowest BCUT2D eigenvalue weighted by molar-refractivity contribution is -0.122. The van der Waals surface area contributed by atoms with Crippen molar-refractivity contribution < 1.29 is 13.6 Å². The lowest BCUT2D eigenvalue weighted by atomic mass is 10.2. The number of carbonyl (C=O) groups is 1. The van der Waals surface area contributed by atoms with Gasteiger partial charge < -0.3 is 5.32 Å². The van der Waals surface area contributed by atoms with Crippen LogP contribution in [0.25, 0.3) is 0 Å². The molecule has 3 nitrogen and oxygen atoms in total. The third kappa shape index (κ3) is 2.48. The number of amides is 1. The molecule has 1 N–H and O–H groups in total. The van der Waals surface area contributed by atoms with E-state index in [9.17, 15) is 13.6 Å². The van der Waals surface area contributed by atoms with Crippen LogP contribution in [0.5, 0.6) is 0 Å². The third-order valence-corrected chi connectivity index (χ3v) is 1.59. The zero-order chi connectivity index (χ0) is 10.1. The Morgan fingerprint density at radius 3 is 2.85 bits per heavy atom. The topological polar surface area (TPSA) is 41.5 Å². The maximum Gasteiger partial charge on any atom is 0.307 e. The molecule has 1 atom stereocenters. The molecule has 0 aromatic carbocycles. The van der Waals surface area contributed by atoms with Crippen molar-refractivity contribution in [2.75, 3.05) is 0 Å². The predicted molar refractivity (Wildman–Crippen MR) is 45.0 cm³/mol. The van der Waals surface area contributed by atoms with Crippen molar-refractivity contribution in [3.63, 3.8) is 0 Å². The largest absolute Gasteiger partial charge is 0.329 e. The molecule has 0 fully saturated rings. The number of hydrogen-bond acceptors (Lipinski definition) is 2. The number of halogens is 3. The zero-order valence-electron chi connectivity index (χ0n) is 6.72. The highest BCUT2D eigenvalue weighted by Crippen LogP contribution is 2.26. The Labute approximate surface area is 78.5 Å². The van der Waals surface area contributed by atoms with Crippen LogP contribution in [0.3, 0.4) is 0 Å². The first-order chi connectivity index (χ1) is 5.92. The second kappa shape index (κ2) is 3.41. The van der Waals surface area contributed by atoms with E-state index in [1.165, 1.54) is 0 Å². The third-order valence-electron chi connectivity index (χ3n) is 1.38. The fourth-order valence-electron chi connectivity index (χ4n) is 0.871. The molecule has 1 unspecified atom stereocenters. The van der Waals surface area contributed by atoms with Crippen LogP contribution in [-0.4, -0.2) is 24.2 Å². The summed E-state index contributed by atoms with van der Waals surface area (Å²) in [6, 6.07) is 0. The van der Waals surface area contributed by atoms with Gasteiger partial charge in [-0.1, -0.05) is 11.6 Å². The number of rotatable bonds is 1. The second-order valence-electron chi connectivity index (χ2n) is 2.58. The molecule has 1 rings (SSSR count). The highest BCUT2D eigenvalue weighted by Gasteiger charge is 2.39. The zero-order valence-corrected chi connectivity index (χ0v) is 7.48. The first kappa shape index (κ1) is 10.1. The Bertz CT molecular complexity index is 288. The summed E-state index contributed by atoms with van der Waals surface area (Å²) < 4.78 is 26.0. The van der Waals surface area contributed by atoms with E-state index in [0.29, 0.717) is 6.08 Å². The van der Waals surface area contributed by atoms with Gasteiger partial charge >= 0.3 is 5.92 Å². The molecular formula is C7H7ClF2N2O. The second-order valence-corrected chi connectivity index (χ2v) is 3.02. The van der Waals surface area contributed by atoms with Crippen molar-refractivity contribution in [3.8, 4) is 0 Å². The fourth-order valence-corrected chi connectivity index (χ4v) is 1.07. The first-order valence-corrected chi connectivity index (χ1v) is 3.86. The molecule has 0 bridgehead atoms. The Morgan fingerprint density at radius 2 is 2.38 bits per heavy atom. The molecule has 0 aromatic heterocycles. The lowest BCUT2D eigenvalue weighted by Crippen LogP contribution is -2.46. The van der Waals surface area contributed by atoms with Gasteiger partial charge in [0.1, 0.15) is 0 Å². The Hall–Kier alpha value is -0.970. The fraction of sp³-hybridized carbons (Fsp3) is 0.429. The quantitative estimate of drug-likeness (QED) is 0.693. The predicted octanol–water partition coefficient (Wildman–Crippen LogP) is 1.29. The normalized spacial score (nSPS) is 25.2. The van der Waals surface area contributed by atoms with Gasteiger partial charge in [-0.3, -0.25) is 9.79 Å². The molecule has 0 saturated heterocycles. The molecule has 0 radical (unpaired) electrons.